The number of nitrogens with two attached hydrogens (primary N) is 1. The molecule has 0 saturated carbocycles. The van der Waals surface area contributed by atoms with Crippen molar-refractivity contribution in [3.05, 3.63) is 11.9 Å². The summed E-state index contributed by atoms with van der Waals surface area (Å²) in [5.41, 5.74) is 6.07. The molecule has 0 aliphatic rings. The average Bonchev–Trinajstić information content (AvgIpc) is 2.85. The van der Waals surface area contributed by atoms with Gasteiger partial charge in [0.15, 0.2) is 0 Å². The Balaban J connectivity index is 2.19. The van der Waals surface area contributed by atoms with E-state index in [0.29, 0.717) is 29.8 Å². The van der Waals surface area contributed by atoms with Crippen molar-refractivity contribution in [3.8, 4) is 11.6 Å². The van der Waals surface area contributed by atoms with Gasteiger partial charge in [-0.05, 0) is 13.8 Å². The summed E-state index contributed by atoms with van der Waals surface area (Å²) in [7, 11) is 0. The summed E-state index contributed by atoms with van der Waals surface area (Å²) in [6.45, 7) is 4.37. The standard InChI is InChI=1S/C9H13N5O2/c1-3-15-5(2)8-11-9(16-14-8)6-4-7(10)13-12-6/h4-5H,3H2,1-2H3,(H3,10,12,13). The van der Waals surface area contributed by atoms with Gasteiger partial charge in [-0.2, -0.15) is 10.1 Å². The van der Waals surface area contributed by atoms with Crippen LogP contribution in [-0.2, 0) is 4.74 Å². The molecule has 2 heterocycles. The third-order valence-electron chi connectivity index (χ3n) is 2.05. The lowest BCUT2D eigenvalue weighted by Gasteiger charge is -2.04. The summed E-state index contributed by atoms with van der Waals surface area (Å²) in [6, 6.07) is 1.63. The van der Waals surface area contributed by atoms with Crippen LogP contribution in [0.4, 0.5) is 5.82 Å². The predicted molar refractivity (Wildman–Crippen MR) is 56.3 cm³/mol. The lowest BCUT2D eigenvalue weighted by Crippen LogP contribution is -2.01. The molecule has 0 amide bonds. The molecule has 2 aromatic heterocycles. The zero-order chi connectivity index (χ0) is 11.5. The first-order valence-electron chi connectivity index (χ1n) is 4.97. The topological polar surface area (TPSA) is 103 Å². The number of rotatable bonds is 4. The Bertz CT molecular complexity index is 464. The molecule has 16 heavy (non-hydrogen) atoms. The van der Waals surface area contributed by atoms with E-state index in [2.05, 4.69) is 20.3 Å². The van der Waals surface area contributed by atoms with Crippen LogP contribution in [0.15, 0.2) is 10.6 Å². The molecule has 0 spiro atoms. The number of aromatic amines is 1. The highest BCUT2D eigenvalue weighted by atomic mass is 16.5. The van der Waals surface area contributed by atoms with Crippen molar-refractivity contribution in [3.63, 3.8) is 0 Å². The summed E-state index contributed by atoms with van der Waals surface area (Å²) in [5, 5.41) is 10.3. The molecule has 0 saturated heterocycles. The maximum atomic E-state index is 5.47. The highest BCUT2D eigenvalue weighted by molar-refractivity contribution is 5.51. The fourth-order valence-corrected chi connectivity index (χ4v) is 1.28. The molecule has 86 valence electrons. The van der Waals surface area contributed by atoms with Gasteiger partial charge in [0.05, 0.1) is 0 Å². The van der Waals surface area contributed by atoms with Crippen LogP contribution in [0.3, 0.4) is 0 Å². The van der Waals surface area contributed by atoms with Gasteiger partial charge < -0.3 is 15.0 Å². The number of nitrogen functional groups attached to an aromatic ring is 1. The van der Waals surface area contributed by atoms with Crippen molar-refractivity contribution in [2.24, 2.45) is 0 Å². The minimum Gasteiger partial charge on any atom is -0.382 e. The summed E-state index contributed by atoms with van der Waals surface area (Å²) in [6.07, 6.45) is -0.192. The maximum absolute atomic E-state index is 5.47. The molecule has 1 unspecified atom stereocenters. The highest BCUT2D eigenvalue weighted by Gasteiger charge is 2.15. The van der Waals surface area contributed by atoms with E-state index < -0.39 is 0 Å². The molecule has 2 rings (SSSR count). The quantitative estimate of drug-likeness (QED) is 0.805. The number of anilines is 1. The third-order valence-corrected chi connectivity index (χ3v) is 2.05. The number of H-pyrrole nitrogens is 1. The first-order valence-corrected chi connectivity index (χ1v) is 4.97. The van der Waals surface area contributed by atoms with Gasteiger partial charge in [-0.3, -0.25) is 5.10 Å². The van der Waals surface area contributed by atoms with Gasteiger partial charge in [0.1, 0.15) is 17.6 Å². The molecule has 0 aliphatic carbocycles. The molecule has 0 aromatic carbocycles. The van der Waals surface area contributed by atoms with Gasteiger partial charge in [-0.1, -0.05) is 5.16 Å². The average molecular weight is 223 g/mol. The molecule has 7 nitrogen and oxygen atoms in total. The molecule has 3 N–H and O–H groups in total. The minimum absolute atomic E-state index is 0.192. The number of nitrogens with zero attached hydrogens (tertiary/aromatic N) is 3. The number of nitrogens with one attached hydrogen (secondary N) is 1. The lowest BCUT2D eigenvalue weighted by atomic mass is 10.4. The predicted octanol–water partition coefficient (Wildman–Crippen LogP) is 1.14. The second-order valence-corrected chi connectivity index (χ2v) is 3.26. The Hall–Kier alpha value is -1.89. The second-order valence-electron chi connectivity index (χ2n) is 3.26. The fraction of sp³-hybridized carbons (Fsp3) is 0.444. The molecule has 0 bridgehead atoms. The number of ether oxygens (including phenoxy) is 1. The van der Waals surface area contributed by atoms with Crippen LogP contribution in [0.1, 0.15) is 25.8 Å². The largest absolute Gasteiger partial charge is 0.382 e. The van der Waals surface area contributed by atoms with E-state index in [1.54, 1.807) is 6.07 Å². The lowest BCUT2D eigenvalue weighted by molar-refractivity contribution is 0.0683. The monoisotopic (exact) mass is 223 g/mol. The zero-order valence-corrected chi connectivity index (χ0v) is 9.10. The second kappa shape index (κ2) is 4.31. The Labute approximate surface area is 92.0 Å². The summed E-state index contributed by atoms with van der Waals surface area (Å²) in [5.74, 6) is 1.24. The van der Waals surface area contributed by atoms with Crippen LogP contribution < -0.4 is 5.73 Å². The third kappa shape index (κ3) is 2.03. The van der Waals surface area contributed by atoms with Crippen LogP contribution in [0, 0.1) is 0 Å². The number of hydrogen-bond acceptors (Lipinski definition) is 6. The molecular weight excluding hydrogens is 210 g/mol. The van der Waals surface area contributed by atoms with Crippen LogP contribution in [0.5, 0.6) is 0 Å². The Morgan fingerprint density at radius 1 is 1.62 bits per heavy atom. The van der Waals surface area contributed by atoms with Crippen LogP contribution in [0.25, 0.3) is 11.6 Å². The molecule has 0 radical (unpaired) electrons. The van der Waals surface area contributed by atoms with Crippen LogP contribution in [-0.4, -0.2) is 26.9 Å². The van der Waals surface area contributed by atoms with Gasteiger partial charge in [-0.15, -0.1) is 0 Å². The van der Waals surface area contributed by atoms with E-state index in [1.165, 1.54) is 0 Å². The van der Waals surface area contributed by atoms with E-state index in [0.717, 1.165) is 0 Å². The van der Waals surface area contributed by atoms with Gasteiger partial charge in [0.2, 0.25) is 5.82 Å². The van der Waals surface area contributed by atoms with E-state index in [4.69, 9.17) is 15.0 Å². The van der Waals surface area contributed by atoms with Crippen LogP contribution >= 0.6 is 0 Å². The van der Waals surface area contributed by atoms with E-state index in [1.807, 2.05) is 13.8 Å². The SMILES string of the molecule is CCOC(C)c1noc(-c2cc(N)n[nH]2)n1. The Morgan fingerprint density at radius 3 is 3.06 bits per heavy atom. The van der Waals surface area contributed by atoms with Gasteiger partial charge >= 0.3 is 0 Å². The normalized spacial score (nSPS) is 12.9. The highest BCUT2D eigenvalue weighted by Crippen LogP contribution is 2.19. The number of hydrogen-bond donors (Lipinski definition) is 2. The van der Waals surface area contributed by atoms with Crippen molar-refractivity contribution in [1.82, 2.24) is 20.3 Å². The number of aromatic nitrogens is 4. The smallest absolute Gasteiger partial charge is 0.276 e. The van der Waals surface area contributed by atoms with Gasteiger partial charge in [0, 0.05) is 12.7 Å². The minimum atomic E-state index is -0.192. The fourth-order valence-electron chi connectivity index (χ4n) is 1.28. The van der Waals surface area contributed by atoms with Gasteiger partial charge in [-0.25, -0.2) is 0 Å². The zero-order valence-electron chi connectivity index (χ0n) is 9.10. The first-order chi connectivity index (χ1) is 7.70. The maximum Gasteiger partial charge on any atom is 0.276 e. The summed E-state index contributed by atoms with van der Waals surface area (Å²) < 4.78 is 10.4. The van der Waals surface area contributed by atoms with E-state index in [-0.39, 0.29) is 6.10 Å². The molecule has 2 aromatic rings. The van der Waals surface area contributed by atoms with Crippen molar-refractivity contribution < 1.29 is 9.26 Å². The summed E-state index contributed by atoms with van der Waals surface area (Å²) >= 11 is 0. The van der Waals surface area contributed by atoms with E-state index >= 15 is 0 Å². The van der Waals surface area contributed by atoms with E-state index in [9.17, 15) is 0 Å². The molecule has 7 heteroatoms. The van der Waals surface area contributed by atoms with Crippen LogP contribution in [0.2, 0.25) is 0 Å². The first kappa shape index (κ1) is 10.6. The van der Waals surface area contributed by atoms with Crippen molar-refractivity contribution in [2.45, 2.75) is 20.0 Å². The Kier molecular flexibility index (Phi) is 2.86. The Morgan fingerprint density at radius 2 is 2.44 bits per heavy atom. The van der Waals surface area contributed by atoms with Crippen molar-refractivity contribution in [1.29, 1.82) is 0 Å². The molecular formula is C9H13N5O2. The molecule has 0 fully saturated rings. The van der Waals surface area contributed by atoms with Crippen molar-refractivity contribution in [2.75, 3.05) is 12.3 Å². The molecule has 0 aliphatic heterocycles. The molecule has 1 atom stereocenters. The van der Waals surface area contributed by atoms with Crippen molar-refractivity contribution >= 4 is 5.82 Å². The van der Waals surface area contributed by atoms with Gasteiger partial charge in [0.25, 0.3) is 5.89 Å². The summed E-state index contributed by atoms with van der Waals surface area (Å²) in [4.78, 5) is 4.18.